The van der Waals surface area contributed by atoms with Crippen molar-refractivity contribution in [3.8, 4) is 11.8 Å². The first-order valence-electron chi connectivity index (χ1n) is 6.32. The maximum Gasteiger partial charge on any atom is 0.147 e. The highest BCUT2D eigenvalue weighted by Gasteiger charge is 2.04. The predicted molar refractivity (Wildman–Crippen MR) is 76.6 cm³/mol. The molecule has 2 aromatic carbocycles. The van der Waals surface area contributed by atoms with Gasteiger partial charge in [0.05, 0.1) is 23.4 Å². The zero-order valence-corrected chi connectivity index (χ0v) is 11.4. The lowest BCUT2D eigenvalue weighted by Gasteiger charge is -2.11. The van der Waals surface area contributed by atoms with Gasteiger partial charge in [-0.1, -0.05) is 0 Å². The first-order chi connectivity index (χ1) is 9.58. The molecule has 2 rings (SSSR count). The third kappa shape index (κ3) is 3.48. The summed E-state index contributed by atoms with van der Waals surface area (Å²) in [5.74, 6) is 0.317. The molecule has 0 heterocycles. The molecule has 3 nitrogen and oxygen atoms in total. The molecule has 1 N–H and O–H groups in total. The van der Waals surface area contributed by atoms with Gasteiger partial charge in [0.25, 0.3) is 0 Å². The van der Waals surface area contributed by atoms with Crippen molar-refractivity contribution in [2.24, 2.45) is 0 Å². The Labute approximate surface area is 117 Å². The van der Waals surface area contributed by atoms with Crippen molar-refractivity contribution in [2.75, 3.05) is 5.32 Å². The van der Waals surface area contributed by atoms with E-state index in [9.17, 15) is 4.39 Å². The summed E-state index contributed by atoms with van der Waals surface area (Å²) >= 11 is 0. The summed E-state index contributed by atoms with van der Waals surface area (Å²) in [6.07, 6.45) is 0.116. The van der Waals surface area contributed by atoms with Crippen LogP contribution in [0.4, 0.5) is 15.8 Å². The highest BCUT2D eigenvalue weighted by atomic mass is 19.1. The lowest BCUT2D eigenvalue weighted by molar-refractivity contribution is 0.242. The van der Waals surface area contributed by atoms with Crippen LogP contribution >= 0.6 is 0 Å². The molecule has 0 fully saturated rings. The molecular formula is C16H15FN2O. The Hall–Kier alpha value is -2.54. The smallest absolute Gasteiger partial charge is 0.147 e. The van der Waals surface area contributed by atoms with Gasteiger partial charge in [-0.2, -0.15) is 5.26 Å². The van der Waals surface area contributed by atoms with Crippen molar-refractivity contribution in [1.82, 2.24) is 0 Å². The molecule has 0 atom stereocenters. The summed E-state index contributed by atoms with van der Waals surface area (Å²) in [7, 11) is 0. The molecule has 0 spiro atoms. The quantitative estimate of drug-likeness (QED) is 0.904. The zero-order valence-electron chi connectivity index (χ0n) is 11.4. The van der Waals surface area contributed by atoms with Crippen LogP contribution in [-0.4, -0.2) is 6.10 Å². The van der Waals surface area contributed by atoms with Crippen LogP contribution in [0.15, 0.2) is 42.5 Å². The molecule has 0 bridgehead atoms. The monoisotopic (exact) mass is 270 g/mol. The lowest BCUT2D eigenvalue weighted by atomic mass is 10.2. The minimum Gasteiger partial charge on any atom is -0.491 e. The average molecular weight is 270 g/mol. The van der Waals surface area contributed by atoms with Crippen molar-refractivity contribution in [2.45, 2.75) is 20.0 Å². The lowest BCUT2D eigenvalue weighted by Crippen LogP contribution is -2.05. The Kier molecular flexibility index (Phi) is 4.21. The Bertz CT molecular complexity index is 630. The third-order valence-corrected chi connectivity index (χ3v) is 2.60. The van der Waals surface area contributed by atoms with Gasteiger partial charge in [-0.15, -0.1) is 0 Å². The zero-order chi connectivity index (χ0) is 14.5. The molecule has 0 saturated carbocycles. The Morgan fingerprint density at radius 3 is 2.40 bits per heavy atom. The molecule has 2 aromatic rings. The largest absolute Gasteiger partial charge is 0.491 e. The molecular weight excluding hydrogens is 255 g/mol. The maximum absolute atomic E-state index is 13.7. The van der Waals surface area contributed by atoms with E-state index < -0.39 is 5.82 Å². The summed E-state index contributed by atoms with van der Waals surface area (Å²) < 4.78 is 19.3. The van der Waals surface area contributed by atoms with Crippen molar-refractivity contribution in [3.63, 3.8) is 0 Å². The van der Waals surface area contributed by atoms with E-state index >= 15 is 0 Å². The Morgan fingerprint density at radius 2 is 1.85 bits per heavy atom. The van der Waals surface area contributed by atoms with E-state index in [2.05, 4.69) is 5.32 Å². The van der Waals surface area contributed by atoms with Crippen molar-refractivity contribution in [1.29, 1.82) is 5.26 Å². The van der Waals surface area contributed by atoms with Gasteiger partial charge in [-0.3, -0.25) is 0 Å². The van der Waals surface area contributed by atoms with Crippen LogP contribution in [0.1, 0.15) is 19.4 Å². The molecule has 0 aliphatic rings. The summed E-state index contributed by atoms with van der Waals surface area (Å²) in [5.41, 5.74) is 1.39. The Morgan fingerprint density at radius 1 is 1.15 bits per heavy atom. The SMILES string of the molecule is CC(C)Oc1ccc(Nc2ccc(C#N)cc2F)cc1. The second kappa shape index (κ2) is 6.07. The van der Waals surface area contributed by atoms with Gasteiger partial charge in [0.1, 0.15) is 11.6 Å². The van der Waals surface area contributed by atoms with E-state index in [4.69, 9.17) is 10.00 Å². The van der Waals surface area contributed by atoms with Crippen molar-refractivity contribution >= 4 is 11.4 Å². The molecule has 0 radical (unpaired) electrons. The number of ether oxygens (including phenoxy) is 1. The number of rotatable bonds is 4. The van der Waals surface area contributed by atoms with E-state index in [1.807, 2.05) is 44.2 Å². The topological polar surface area (TPSA) is 45.0 Å². The van der Waals surface area contributed by atoms with E-state index in [0.717, 1.165) is 11.4 Å². The second-order valence-electron chi connectivity index (χ2n) is 4.62. The number of nitrogens with one attached hydrogen (secondary N) is 1. The molecule has 0 aliphatic heterocycles. The number of halogens is 1. The summed E-state index contributed by atoms with van der Waals surface area (Å²) in [6.45, 7) is 3.91. The van der Waals surface area contributed by atoms with Crippen LogP contribution in [0.3, 0.4) is 0 Å². The second-order valence-corrected chi connectivity index (χ2v) is 4.62. The van der Waals surface area contributed by atoms with Gasteiger partial charge in [-0.25, -0.2) is 4.39 Å². The molecule has 4 heteroatoms. The van der Waals surface area contributed by atoms with Crippen LogP contribution in [0, 0.1) is 17.1 Å². The fourth-order valence-corrected chi connectivity index (χ4v) is 1.73. The third-order valence-electron chi connectivity index (χ3n) is 2.60. The number of hydrogen-bond acceptors (Lipinski definition) is 3. The van der Waals surface area contributed by atoms with Gasteiger partial charge in [0, 0.05) is 5.69 Å². The van der Waals surface area contributed by atoms with E-state index in [1.165, 1.54) is 6.07 Å². The standard InChI is InChI=1S/C16H15FN2O/c1-11(2)20-14-6-4-13(5-7-14)19-16-8-3-12(10-18)9-15(16)17/h3-9,11,19H,1-2H3. The Balaban J connectivity index is 2.12. The molecule has 102 valence electrons. The minimum absolute atomic E-state index is 0.116. The van der Waals surface area contributed by atoms with Crippen LogP contribution in [-0.2, 0) is 0 Å². The fourth-order valence-electron chi connectivity index (χ4n) is 1.73. The molecule has 0 aliphatic carbocycles. The molecule has 0 aromatic heterocycles. The van der Waals surface area contributed by atoms with Crippen LogP contribution in [0.25, 0.3) is 0 Å². The fraction of sp³-hybridized carbons (Fsp3) is 0.188. The van der Waals surface area contributed by atoms with Gasteiger partial charge in [-0.05, 0) is 56.3 Å². The predicted octanol–water partition coefficient (Wildman–Crippen LogP) is 4.23. The number of anilines is 2. The summed E-state index contributed by atoms with van der Waals surface area (Å²) in [5, 5.41) is 11.7. The van der Waals surface area contributed by atoms with Crippen molar-refractivity contribution < 1.29 is 9.13 Å². The van der Waals surface area contributed by atoms with Gasteiger partial charge in [0.2, 0.25) is 0 Å². The molecule has 0 amide bonds. The first-order valence-corrected chi connectivity index (χ1v) is 6.32. The van der Waals surface area contributed by atoms with Crippen molar-refractivity contribution in [3.05, 3.63) is 53.8 Å². The first kappa shape index (κ1) is 13.9. The number of hydrogen-bond donors (Lipinski definition) is 1. The highest BCUT2D eigenvalue weighted by molar-refractivity contribution is 5.61. The molecule has 20 heavy (non-hydrogen) atoms. The minimum atomic E-state index is -0.452. The van der Waals surface area contributed by atoms with Crippen LogP contribution in [0.5, 0.6) is 5.75 Å². The number of nitriles is 1. The van der Waals surface area contributed by atoms with Crippen LogP contribution < -0.4 is 10.1 Å². The average Bonchev–Trinajstić information content (AvgIpc) is 2.42. The van der Waals surface area contributed by atoms with Gasteiger partial charge in [0.15, 0.2) is 0 Å². The van der Waals surface area contributed by atoms with Crippen LogP contribution in [0.2, 0.25) is 0 Å². The summed E-state index contributed by atoms with van der Waals surface area (Å²) in [6, 6.07) is 13.5. The molecule has 0 unspecified atom stereocenters. The molecule has 0 saturated heterocycles. The van der Waals surface area contributed by atoms with E-state index in [0.29, 0.717) is 11.3 Å². The normalized spacial score (nSPS) is 10.2. The van der Waals surface area contributed by atoms with Gasteiger partial charge < -0.3 is 10.1 Å². The van der Waals surface area contributed by atoms with Gasteiger partial charge >= 0.3 is 0 Å². The van der Waals surface area contributed by atoms with E-state index in [1.54, 1.807) is 12.1 Å². The number of benzene rings is 2. The highest BCUT2D eigenvalue weighted by Crippen LogP contribution is 2.23. The number of nitrogens with zero attached hydrogens (tertiary/aromatic N) is 1. The summed E-state index contributed by atoms with van der Waals surface area (Å²) in [4.78, 5) is 0. The maximum atomic E-state index is 13.7. The van der Waals surface area contributed by atoms with E-state index in [-0.39, 0.29) is 6.10 Å².